The van der Waals surface area contributed by atoms with Gasteiger partial charge < -0.3 is 10.1 Å². The van der Waals surface area contributed by atoms with Crippen LogP contribution < -0.4 is 10.1 Å². The summed E-state index contributed by atoms with van der Waals surface area (Å²) in [5, 5.41) is 10.8. The minimum Gasteiger partial charge on any atom is -0.497 e. The van der Waals surface area contributed by atoms with E-state index >= 15 is 0 Å². The van der Waals surface area contributed by atoms with E-state index < -0.39 is 0 Å². The number of benzene rings is 2. The summed E-state index contributed by atoms with van der Waals surface area (Å²) in [7, 11) is 1.64. The van der Waals surface area contributed by atoms with Gasteiger partial charge in [-0.15, -0.1) is 5.10 Å². The van der Waals surface area contributed by atoms with Crippen LogP contribution >= 0.6 is 11.8 Å². The first-order valence-corrected chi connectivity index (χ1v) is 13.7. The first kappa shape index (κ1) is 22.7. The van der Waals surface area contributed by atoms with Crippen LogP contribution in [0.5, 0.6) is 5.75 Å². The molecule has 6 nitrogen and oxygen atoms in total. The number of nitrogens with zero attached hydrogens (tertiary/aromatic N) is 2. The summed E-state index contributed by atoms with van der Waals surface area (Å²) in [6.45, 7) is 0. The van der Waals surface area contributed by atoms with Crippen LogP contribution in [0, 0.1) is 17.8 Å². The SMILES string of the molecule is COc1ccc(-c2nc(SCC(=O)Nc3ccc(C45CCC6CC(CC(C6)C4)C5)cc3)n[nH]2)cc1. The van der Waals surface area contributed by atoms with Gasteiger partial charge in [0.1, 0.15) is 5.75 Å². The lowest BCUT2D eigenvalue weighted by Gasteiger charge is -2.45. The molecule has 1 amide bonds. The van der Waals surface area contributed by atoms with Gasteiger partial charge in [-0.05, 0) is 110 Å². The van der Waals surface area contributed by atoms with Gasteiger partial charge in [0.25, 0.3) is 0 Å². The topological polar surface area (TPSA) is 79.9 Å². The van der Waals surface area contributed by atoms with E-state index in [2.05, 4.69) is 44.8 Å². The normalized spacial score (nSPS) is 26.9. The van der Waals surface area contributed by atoms with Crippen LogP contribution in [0.1, 0.15) is 50.5 Å². The summed E-state index contributed by atoms with van der Waals surface area (Å²) in [5.41, 5.74) is 3.62. The predicted octanol–water partition coefficient (Wildman–Crippen LogP) is 6.07. The molecule has 0 aliphatic heterocycles. The summed E-state index contributed by atoms with van der Waals surface area (Å²) in [4.78, 5) is 17.1. The Bertz CT molecular complexity index is 1180. The molecule has 0 radical (unpaired) electrons. The van der Waals surface area contributed by atoms with Crippen molar-refractivity contribution >= 4 is 23.4 Å². The number of H-pyrrole nitrogens is 1. The third-order valence-corrected chi connectivity index (χ3v) is 9.18. The molecule has 2 unspecified atom stereocenters. The van der Waals surface area contributed by atoms with E-state index in [1.807, 2.05) is 24.3 Å². The van der Waals surface area contributed by atoms with E-state index in [1.54, 1.807) is 7.11 Å². The molecule has 4 aliphatic carbocycles. The number of rotatable bonds is 7. The molecular formula is C28H32N4O2S. The maximum atomic E-state index is 12.6. The number of hydrogen-bond donors (Lipinski definition) is 2. The number of amides is 1. The van der Waals surface area contributed by atoms with Crippen molar-refractivity contribution in [1.29, 1.82) is 0 Å². The average Bonchev–Trinajstić information content (AvgIpc) is 3.26. The Morgan fingerprint density at radius 2 is 1.77 bits per heavy atom. The van der Waals surface area contributed by atoms with Crippen LogP contribution in [0.25, 0.3) is 11.4 Å². The van der Waals surface area contributed by atoms with Gasteiger partial charge in [-0.25, -0.2) is 4.98 Å². The van der Waals surface area contributed by atoms with Crippen LogP contribution in [0.3, 0.4) is 0 Å². The molecule has 4 bridgehead atoms. The highest BCUT2D eigenvalue weighted by Crippen LogP contribution is 2.57. The van der Waals surface area contributed by atoms with Crippen LogP contribution in [-0.4, -0.2) is 34.0 Å². The Kier molecular flexibility index (Phi) is 6.04. The fourth-order valence-electron chi connectivity index (χ4n) is 6.95. The van der Waals surface area contributed by atoms with E-state index in [9.17, 15) is 4.79 Å². The number of carbonyl (C=O) groups is 1. The lowest BCUT2D eigenvalue weighted by Crippen LogP contribution is -2.37. The maximum Gasteiger partial charge on any atom is 0.234 e. The zero-order chi connectivity index (χ0) is 23.8. The molecule has 1 heterocycles. The molecule has 2 atom stereocenters. The Balaban J connectivity index is 1.05. The van der Waals surface area contributed by atoms with Gasteiger partial charge in [-0.3, -0.25) is 9.89 Å². The summed E-state index contributed by atoms with van der Waals surface area (Å²) in [5.74, 6) is 4.49. The highest BCUT2D eigenvalue weighted by Gasteiger charge is 2.48. The van der Waals surface area contributed by atoms with Crippen LogP contribution in [0.15, 0.2) is 53.7 Å². The Morgan fingerprint density at radius 3 is 2.49 bits per heavy atom. The van der Waals surface area contributed by atoms with Crippen LogP contribution in [0.2, 0.25) is 0 Å². The first-order valence-electron chi connectivity index (χ1n) is 12.7. The molecular weight excluding hydrogens is 456 g/mol. The van der Waals surface area contributed by atoms with Crippen LogP contribution in [-0.2, 0) is 10.2 Å². The number of nitrogens with one attached hydrogen (secondary N) is 2. The number of aromatic nitrogens is 3. The van der Waals surface area contributed by atoms with Crippen molar-refractivity contribution in [3.8, 4) is 17.1 Å². The van der Waals surface area contributed by atoms with Gasteiger partial charge in [0.05, 0.1) is 12.9 Å². The molecule has 4 aliphatic rings. The minimum absolute atomic E-state index is 0.0512. The number of anilines is 1. The number of fused-ring (bicyclic) bond motifs is 1. The lowest BCUT2D eigenvalue weighted by atomic mass is 9.59. The summed E-state index contributed by atoms with van der Waals surface area (Å²) in [6.07, 6.45) is 9.81. The fourth-order valence-corrected chi connectivity index (χ4v) is 7.55. The second-order valence-corrected chi connectivity index (χ2v) is 11.6. The first-order chi connectivity index (χ1) is 17.1. The number of ether oxygens (including phenoxy) is 1. The molecule has 0 saturated heterocycles. The molecule has 35 heavy (non-hydrogen) atoms. The molecule has 2 N–H and O–H groups in total. The van der Waals surface area contributed by atoms with Gasteiger partial charge in [0.2, 0.25) is 11.1 Å². The monoisotopic (exact) mass is 488 g/mol. The highest BCUT2D eigenvalue weighted by molar-refractivity contribution is 7.99. The van der Waals surface area contributed by atoms with Crippen LogP contribution in [0.4, 0.5) is 5.69 Å². The van der Waals surface area contributed by atoms with Crippen molar-refractivity contribution in [3.63, 3.8) is 0 Å². The molecule has 3 aromatic rings. The number of carbonyl (C=O) groups excluding carboxylic acids is 1. The van der Waals surface area contributed by atoms with E-state index in [1.165, 1.54) is 62.3 Å². The molecule has 7 rings (SSSR count). The summed E-state index contributed by atoms with van der Waals surface area (Å²) < 4.78 is 5.19. The predicted molar refractivity (Wildman–Crippen MR) is 139 cm³/mol. The quantitative estimate of drug-likeness (QED) is 0.395. The highest BCUT2D eigenvalue weighted by atomic mass is 32.2. The van der Waals surface area contributed by atoms with Gasteiger partial charge in [-0.1, -0.05) is 23.9 Å². The van der Waals surface area contributed by atoms with Gasteiger partial charge in [0.15, 0.2) is 5.82 Å². The van der Waals surface area contributed by atoms with Crippen molar-refractivity contribution in [1.82, 2.24) is 15.2 Å². The molecule has 0 spiro atoms. The smallest absolute Gasteiger partial charge is 0.234 e. The largest absolute Gasteiger partial charge is 0.497 e. The zero-order valence-corrected chi connectivity index (χ0v) is 20.9. The van der Waals surface area contributed by atoms with Crippen molar-refractivity contribution in [2.24, 2.45) is 17.8 Å². The number of thioether (sulfide) groups is 1. The Morgan fingerprint density at radius 1 is 1.06 bits per heavy atom. The number of methoxy groups -OCH3 is 1. The minimum atomic E-state index is -0.0512. The molecule has 4 saturated carbocycles. The molecule has 2 aromatic carbocycles. The molecule has 182 valence electrons. The van der Waals surface area contributed by atoms with Gasteiger partial charge >= 0.3 is 0 Å². The van der Waals surface area contributed by atoms with E-state index in [-0.39, 0.29) is 11.7 Å². The van der Waals surface area contributed by atoms with Gasteiger partial charge in [0, 0.05) is 11.3 Å². The van der Waals surface area contributed by atoms with E-state index in [4.69, 9.17) is 4.74 Å². The van der Waals surface area contributed by atoms with Crippen molar-refractivity contribution in [2.75, 3.05) is 18.2 Å². The standard InChI is InChI=1S/C28H32N4O2S/c1-34-24-8-2-21(3-9-24)26-30-27(32-31-26)35-17-25(33)29-23-6-4-22(5-7-23)28-11-10-18-12-19(15-28)14-20(13-18)16-28/h2-9,18-20H,10-17H2,1H3,(H,29,33)(H,30,31,32). The lowest BCUT2D eigenvalue weighted by molar-refractivity contribution is -0.113. The Labute approximate surface area is 210 Å². The van der Waals surface area contributed by atoms with Crippen molar-refractivity contribution in [3.05, 3.63) is 54.1 Å². The molecule has 7 heteroatoms. The second-order valence-electron chi connectivity index (χ2n) is 10.6. The number of hydrogen-bond acceptors (Lipinski definition) is 5. The maximum absolute atomic E-state index is 12.6. The molecule has 4 fully saturated rings. The third kappa shape index (κ3) is 4.70. The summed E-state index contributed by atoms with van der Waals surface area (Å²) in [6, 6.07) is 16.3. The van der Waals surface area contributed by atoms with Crippen molar-refractivity contribution in [2.45, 2.75) is 55.5 Å². The summed E-state index contributed by atoms with van der Waals surface area (Å²) >= 11 is 1.32. The Hall–Kier alpha value is -2.80. The number of aromatic amines is 1. The third-order valence-electron chi connectivity index (χ3n) is 8.33. The van der Waals surface area contributed by atoms with E-state index in [0.29, 0.717) is 16.4 Å². The van der Waals surface area contributed by atoms with E-state index in [0.717, 1.165) is 34.8 Å². The average molecular weight is 489 g/mol. The zero-order valence-electron chi connectivity index (χ0n) is 20.1. The van der Waals surface area contributed by atoms with Crippen molar-refractivity contribution < 1.29 is 9.53 Å². The van der Waals surface area contributed by atoms with Gasteiger partial charge in [-0.2, -0.15) is 0 Å². The molecule has 1 aromatic heterocycles. The second kappa shape index (κ2) is 9.34. The fraction of sp³-hybridized carbons (Fsp3) is 0.464.